The van der Waals surface area contributed by atoms with Gasteiger partial charge in [0.2, 0.25) is 0 Å². The number of amides is 1. The minimum Gasteiger partial charge on any atom is -0.496 e. The molecule has 3 rings (SSSR count). The fourth-order valence-corrected chi connectivity index (χ4v) is 3.29. The largest absolute Gasteiger partial charge is 0.496 e. The highest BCUT2D eigenvalue weighted by Gasteiger charge is 2.36. The van der Waals surface area contributed by atoms with Gasteiger partial charge in [-0.1, -0.05) is 18.2 Å². The number of hydrogen-bond acceptors (Lipinski definition) is 5. The van der Waals surface area contributed by atoms with Crippen molar-refractivity contribution in [2.75, 3.05) is 13.7 Å². The predicted molar refractivity (Wildman–Crippen MR) is 91.4 cm³/mol. The first kappa shape index (κ1) is 16.3. The molecule has 6 heteroatoms. The molecule has 2 aromatic heterocycles. The van der Waals surface area contributed by atoms with Gasteiger partial charge in [-0.15, -0.1) is 11.3 Å². The lowest BCUT2D eigenvalue weighted by atomic mass is 9.98. The summed E-state index contributed by atoms with van der Waals surface area (Å²) >= 11 is 1.40. The Morgan fingerprint density at radius 1 is 1.25 bits per heavy atom. The Labute approximate surface area is 143 Å². The molecule has 1 unspecified atom stereocenters. The third-order valence-corrected chi connectivity index (χ3v) is 4.73. The van der Waals surface area contributed by atoms with Gasteiger partial charge in [0.25, 0.3) is 5.91 Å². The topological polar surface area (TPSA) is 71.7 Å². The van der Waals surface area contributed by atoms with Crippen LogP contribution in [0.15, 0.2) is 64.6 Å². The van der Waals surface area contributed by atoms with Crippen LogP contribution in [0.1, 0.15) is 21.0 Å². The van der Waals surface area contributed by atoms with Crippen LogP contribution < -0.4 is 10.1 Å². The molecule has 0 saturated heterocycles. The van der Waals surface area contributed by atoms with Crippen molar-refractivity contribution < 1.29 is 19.1 Å². The van der Waals surface area contributed by atoms with Crippen LogP contribution in [0.25, 0.3) is 0 Å². The van der Waals surface area contributed by atoms with Crippen LogP contribution in [0.5, 0.6) is 5.75 Å². The number of benzene rings is 1. The SMILES string of the molecule is COc1ccccc1C(=O)NCC(O)(c1ccco1)c1cccs1. The lowest BCUT2D eigenvalue weighted by Crippen LogP contribution is -2.41. The van der Waals surface area contributed by atoms with Crippen molar-refractivity contribution in [3.05, 3.63) is 76.4 Å². The first-order chi connectivity index (χ1) is 11.6. The first-order valence-corrected chi connectivity index (χ1v) is 8.24. The van der Waals surface area contributed by atoms with E-state index in [4.69, 9.17) is 9.15 Å². The molecule has 1 atom stereocenters. The summed E-state index contributed by atoms with van der Waals surface area (Å²) in [7, 11) is 1.51. The van der Waals surface area contributed by atoms with E-state index in [-0.39, 0.29) is 12.5 Å². The molecular weight excluding hydrogens is 326 g/mol. The molecule has 0 radical (unpaired) electrons. The van der Waals surface area contributed by atoms with Crippen LogP contribution in [0.3, 0.4) is 0 Å². The molecule has 124 valence electrons. The molecule has 1 aromatic carbocycles. The summed E-state index contributed by atoms with van der Waals surface area (Å²) in [5, 5.41) is 15.8. The van der Waals surface area contributed by atoms with Crippen molar-refractivity contribution in [2.45, 2.75) is 5.60 Å². The van der Waals surface area contributed by atoms with Crippen molar-refractivity contribution in [2.24, 2.45) is 0 Å². The highest BCUT2D eigenvalue weighted by molar-refractivity contribution is 7.10. The van der Waals surface area contributed by atoms with Crippen LogP contribution in [0.2, 0.25) is 0 Å². The van der Waals surface area contributed by atoms with Gasteiger partial charge in [0.05, 0.1) is 25.5 Å². The maximum atomic E-state index is 12.5. The van der Waals surface area contributed by atoms with Crippen LogP contribution >= 0.6 is 11.3 Å². The number of nitrogens with one attached hydrogen (secondary N) is 1. The van der Waals surface area contributed by atoms with Gasteiger partial charge in [0, 0.05) is 4.88 Å². The average molecular weight is 343 g/mol. The van der Waals surface area contributed by atoms with Crippen molar-refractivity contribution in [3.8, 4) is 5.75 Å². The molecule has 1 amide bonds. The van der Waals surface area contributed by atoms with Crippen molar-refractivity contribution in [1.29, 1.82) is 0 Å². The summed E-state index contributed by atoms with van der Waals surface area (Å²) in [5.74, 6) is 0.534. The molecule has 0 fully saturated rings. The minimum atomic E-state index is -1.42. The second kappa shape index (κ2) is 6.90. The van der Waals surface area contributed by atoms with Crippen LogP contribution in [0.4, 0.5) is 0 Å². The summed E-state index contributed by atoms with van der Waals surface area (Å²) in [4.78, 5) is 13.2. The Morgan fingerprint density at radius 2 is 2.08 bits per heavy atom. The molecular formula is C18H17NO4S. The van der Waals surface area contributed by atoms with E-state index < -0.39 is 5.60 Å². The van der Waals surface area contributed by atoms with Crippen LogP contribution in [-0.4, -0.2) is 24.7 Å². The Hall–Kier alpha value is -2.57. The van der Waals surface area contributed by atoms with Crippen molar-refractivity contribution >= 4 is 17.2 Å². The summed E-state index contributed by atoms with van der Waals surface area (Å²) in [5.41, 5.74) is -1.01. The van der Waals surface area contributed by atoms with E-state index in [1.54, 1.807) is 36.4 Å². The lowest BCUT2D eigenvalue weighted by Gasteiger charge is -2.25. The van der Waals surface area contributed by atoms with Crippen LogP contribution in [0, 0.1) is 0 Å². The zero-order chi connectivity index (χ0) is 17.0. The monoisotopic (exact) mass is 343 g/mol. The van der Waals surface area contributed by atoms with E-state index in [2.05, 4.69) is 5.32 Å². The number of carbonyl (C=O) groups is 1. The molecule has 3 aromatic rings. The number of carbonyl (C=O) groups excluding carboxylic acids is 1. The van der Waals surface area contributed by atoms with Gasteiger partial charge in [0.1, 0.15) is 11.5 Å². The molecule has 24 heavy (non-hydrogen) atoms. The Bertz CT molecular complexity index is 762. The number of thiophene rings is 1. The van der Waals surface area contributed by atoms with Crippen molar-refractivity contribution in [3.63, 3.8) is 0 Å². The Balaban J connectivity index is 1.83. The molecule has 5 nitrogen and oxygen atoms in total. The Kier molecular flexibility index (Phi) is 4.69. The normalized spacial score (nSPS) is 13.2. The quantitative estimate of drug-likeness (QED) is 0.722. The van der Waals surface area contributed by atoms with Gasteiger partial charge in [-0.25, -0.2) is 0 Å². The summed E-state index contributed by atoms with van der Waals surface area (Å²) < 4.78 is 10.6. The van der Waals surface area contributed by atoms with Crippen molar-refractivity contribution in [1.82, 2.24) is 5.32 Å². The molecule has 0 aliphatic rings. The third kappa shape index (κ3) is 3.06. The molecule has 2 N–H and O–H groups in total. The second-order valence-electron chi connectivity index (χ2n) is 5.20. The number of methoxy groups -OCH3 is 1. The van der Waals surface area contributed by atoms with E-state index in [9.17, 15) is 9.90 Å². The first-order valence-electron chi connectivity index (χ1n) is 7.36. The van der Waals surface area contributed by atoms with Gasteiger partial charge in [-0.05, 0) is 35.7 Å². The number of aliphatic hydroxyl groups is 1. The standard InChI is InChI=1S/C18H17NO4S/c1-22-14-7-3-2-6-13(14)17(20)19-12-18(21,15-8-4-10-23-15)16-9-5-11-24-16/h2-11,21H,12H2,1H3,(H,19,20). The average Bonchev–Trinajstić information content (AvgIpc) is 3.33. The van der Waals surface area contributed by atoms with Gasteiger partial charge < -0.3 is 19.6 Å². The molecule has 0 bridgehead atoms. The number of ether oxygens (including phenoxy) is 1. The number of para-hydroxylation sites is 1. The van der Waals surface area contributed by atoms with Crippen LogP contribution in [-0.2, 0) is 5.60 Å². The number of furan rings is 1. The number of hydrogen-bond donors (Lipinski definition) is 2. The molecule has 0 aliphatic carbocycles. The zero-order valence-electron chi connectivity index (χ0n) is 13.1. The fraction of sp³-hybridized carbons (Fsp3) is 0.167. The fourth-order valence-electron chi connectivity index (χ4n) is 2.46. The van der Waals surface area contributed by atoms with E-state index in [1.807, 2.05) is 17.5 Å². The lowest BCUT2D eigenvalue weighted by molar-refractivity contribution is 0.0553. The second-order valence-corrected chi connectivity index (χ2v) is 6.15. The van der Waals surface area contributed by atoms with Gasteiger partial charge in [0.15, 0.2) is 5.60 Å². The highest BCUT2D eigenvalue weighted by atomic mass is 32.1. The molecule has 0 saturated carbocycles. The molecule has 0 spiro atoms. The zero-order valence-corrected chi connectivity index (χ0v) is 13.9. The smallest absolute Gasteiger partial charge is 0.255 e. The van der Waals surface area contributed by atoms with E-state index in [0.29, 0.717) is 22.0 Å². The predicted octanol–water partition coefficient (Wildman–Crippen LogP) is 3.02. The minimum absolute atomic E-state index is 0.0160. The maximum Gasteiger partial charge on any atom is 0.255 e. The third-order valence-electron chi connectivity index (χ3n) is 3.71. The van der Waals surface area contributed by atoms with Gasteiger partial charge >= 0.3 is 0 Å². The summed E-state index contributed by atoms with van der Waals surface area (Å²) in [6.07, 6.45) is 1.50. The highest BCUT2D eigenvalue weighted by Crippen LogP contribution is 2.32. The van der Waals surface area contributed by atoms with E-state index >= 15 is 0 Å². The van der Waals surface area contributed by atoms with Gasteiger partial charge in [-0.3, -0.25) is 4.79 Å². The summed E-state index contributed by atoms with van der Waals surface area (Å²) in [6, 6.07) is 14.0. The Morgan fingerprint density at radius 3 is 2.75 bits per heavy atom. The van der Waals surface area contributed by atoms with E-state index in [1.165, 1.54) is 24.7 Å². The number of rotatable bonds is 6. The maximum absolute atomic E-state index is 12.5. The van der Waals surface area contributed by atoms with Gasteiger partial charge in [-0.2, -0.15) is 0 Å². The molecule has 0 aliphatic heterocycles. The summed E-state index contributed by atoms with van der Waals surface area (Å²) in [6.45, 7) is -0.0160. The molecule has 2 heterocycles. The van der Waals surface area contributed by atoms with E-state index in [0.717, 1.165) is 0 Å².